The third-order valence-corrected chi connectivity index (χ3v) is 1.34. The number of alkyl halides is 2. The number of rotatable bonds is 2. The van der Waals surface area contributed by atoms with E-state index in [-0.39, 0.29) is 23.8 Å². The summed E-state index contributed by atoms with van der Waals surface area (Å²) in [6.45, 7) is -0.0139. The smallest absolute Gasteiger partial charge is 0.280 e. The van der Waals surface area contributed by atoms with Gasteiger partial charge >= 0.3 is 0 Å². The zero-order valence-electron chi connectivity index (χ0n) is 6.17. The number of nitrogen functional groups attached to an aromatic ring is 1. The number of halogens is 2. The van der Waals surface area contributed by atoms with E-state index in [0.29, 0.717) is 0 Å². The molecule has 1 rings (SSSR count). The maximum absolute atomic E-state index is 12.2. The average Bonchev–Trinajstić information content (AvgIpc) is 2.04. The van der Waals surface area contributed by atoms with Crippen LogP contribution in [0.25, 0.3) is 0 Å². The number of hydrogen-bond acceptors (Lipinski definition) is 4. The van der Waals surface area contributed by atoms with Crippen molar-refractivity contribution < 1.29 is 8.78 Å². The summed E-state index contributed by atoms with van der Waals surface area (Å²) in [5, 5.41) is 0. The molecule has 1 aromatic heterocycles. The van der Waals surface area contributed by atoms with Gasteiger partial charge in [0.1, 0.15) is 5.69 Å². The molecule has 0 saturated heterocycles. The van der Waals surface area contributed by atoms with Crippen molar-refractivity contribution in [3.8, 4) is 0 Å². The van der Waals surface area contributed by atoms with Crippen LogP contribution < -0.4 is 11.5 Å². The van der Waals surface area contributed by atoms with Crippen molar-refractivity contribution in [2.75, 3.05) is 5.73 Å². The Bertz CT molecular complexity index is 276. The molecule has 0 spiro atoms. The standard InChI is InChI=1S/C6H8F2N4/c7-5(8)4-3(1-9)2-11-6(10)12-4/h2,5H,1,9H2,(H2,10,11,12). The van der Waals surface area contributed by atoms with Gasteiger partial charge in [-0.05, 0) is 0 Å². The molecule has 66 valence electrons. The van der Waals surface area contributed by atoms with Gasteiger partial charge in [-0.1, -0.05) is 0 Å². The van der Waals surface area contributed by atoms with Crippen LogP contribution in [0.15, 0.2) is 6.20 Å². The lowest BCUT2D eigenvalue weighted by Crippen LogP contribution is -2.07. The molecule has 0 radical (unpaired) electrons. The van der Waals surface area contributed by atoms with Gasteiger partial charge in [-0.3, -0.25) is 0 Å². The minimum Gasteiger partial charge on any atom is -0.368 e. The quantitative estimate of drug-likeness (QED) is 0.682. The Morgan fingerprint density at radius 2 is 2.17 bits per heavy atom. The van der Waals surface area contributed by atoms with E-state index < -0.39 is 6.43 Å². The van der Waals surface area contributed by atoms with Crippen molar-refractivity contribution in [3.05, 3.63) is 17.5 Å². The Labute approximate surface area is 67.6 Å². The summed E-state index contributed by atoms with van der Waals surface area (Å²) in [5.74, 6) is -0.164. The highest BCUT2D eigenvalue weighted by Crippen LogP contribution is 2.20. The number of anilines is 1. The fourth-order valence-corrected chi connectivity index (χ4v) is 0.780. The van der Waals surface area contributed by atoms with Crippen molar-refractivity contribution in [3.63, 3.8) is 0 Å². The molecule has 0 atom stereocenters. The monoisotopic (exact) mass is 174 g/mol. The molecular weight excluding hydrogens is 166 g/mol. The fourth-order valence-electron chi connectivity index (χ4n) is 0.780. The largest absolute Gasteiger partial charge is 0.368 e. The summed E-state index contributed by atoms with van der Waals surface area (Å²) in [6, 6.07) is 0. The first kappa shape index (κ1) is 8.79. The van der Waals surface area contributed by atoms with Crippen LogP contribution in [0.3, 0.4) is 0 Å². The van der Waals surface area contributed by atoms with E-state index in [1.807, 2.05) is 0 Å². The first-order chi connectivity index (χ1) is 5.65. The molecule has 4 N–H and O–H groups in total. The maximum atomic E-state index is 12.2. The predicted molar refractivity (Wildman–Crippen MR) is 39.3 cm³/mol. The second-order valence-corrected chi connectivity index (χ2v) is 2.14. The molecule has 0 aliphatic rings. The lowest BCUT2D eigenvalue weighted by Gasteiger charge is -2.04. The summed E-state index contributed by atoms with van der Waals surface area (Å²) in [6.07, 6.45) is -1.45. The molecular formula is C6H8F2N4. The molecule has 6 heteroatoms. The first-order valence-corrected chi connectivity index (χ1v) is 3.24. The third-order valence-electron chi connectivity index (χ3n) is 1.34. The Balaban J connectivity index is 3.12. The third kappa shape index (κ3) is 1.65. The maximum Gasteiger partial charge on any atom is 0.280 e. The molecule has 0 amide bonds. The van der Waals surface area contributed by atoms with Crippen LogP contribution in [0.5, 0.6) is 0 Å². The van der Waals surface area contributed by atoms with Crippen LogP contribution >= 0.6 is 0 Å². The summed E-state index contributed by atoms with van der Waals surface area (Å²) in [5.41, 5.74) is 10.1. The predicted octanol–water partition coefficient (Wildman–Crippen LogP) is 0.455. The van der Waals surface area contributed by atoms with E-state index in [2.05, 4.69) is 9.97 Å². The fraction of sp³-hybridized carbons (Fsp3) is 0.333. The molecule has 0 bridgehead atoms. The van der Waals surface area contributed by atoms with Crippen LogP contribution in [-0.2, 0) is 6.54 Å². The average molecular weight is 174 g/mol. The normalized spacial score (nSPS) is 10.7. The van der Waals surface area contributed by atoms with Gasteiger partial charge in [0, 0.05) is 18.3 Å². The van der Waals surface area contributed by atoms with Crippen molar-refractivity contribution in [2.24, 2.45) is 5.73 Å². The van der Waals surface area contributed by atoms with E-state index in [4.69, 9.17) is 11.5 Å². The van der Waals surface area contributed by atoms with Gasteiger partial charge in [-0.25, -0.2) is 18.7 Å². The second kappa shape index (κ2) is 3.40. The zero-order chi connectivity index (χ0) is 9.14. The summed E-state index contributed by atoms with van der Waals surface area (Å²) in [7, 11) is 0. The van der Waals surface area contributed by atoms with E-state index in [1.165, 1.54) is 6.20 Å². The molecule has 0 saturated carbocycles. The highest BCUT2D eigenvalue weighted by atomic mass is 19.3. The summed E-state index contributed by atoms with van der Waals surface area (Å²) >= 11 is 0. The first-order valence-electron chi connectivity index (χ1n) is 3.24. The summed E-state index contributed by atoms with van der Waals surface area (Å²) in [4.78, 5) is 6.93. The highest BCUT2D eigenvalue weighted by molar-refractivity contribution is 5.25. The lowest BCUT2D eigenvalue weighted by molar-refractivity contribution is 0.145. The molecule has 0 fully saturated rings. The number of nitrogens with zero attached hydrogens (tertiary/aromatic N) is 2. The van der Waals surface area contributed by atoms with E-state index in [1.54, 1.807) is 0 Å². The Morgan fingerprint density at radius 3 is 2.67 bits per heavy atom. The number of hydrogen-bond donors (Lipinski definition) is 2. The van der Waals surface area contributed by atoms with E-state index in [0.717, 1.165) is 0 Å². The number of nitrogens with two attached hydrogens (primary N) is 2. The Kier molecular flexibility index (Phi) is 2.49. The van der Waals surface area contributed by atoms with Crippen LogP contribution in [0.1, 0.15) is 17.7 Å². The molecule has 12 heavy (non-hydrogen) atoms. The molecule has 4 nitrogen and oxygen atoms in total. The molecule has 1 heterocycles. The van der Waals surface area contributed by atoms with Gasteiger partial charge in [-0.2, -0.15) is 0 Å². The zero-order valence-corrected chi connectivity index (χ0v) is 6.17. The van der Waals surface area contributed by atoms with Crippen LogP contribution in [0.2, 0.25) is 0 Å². The van der Waals surface area contributed by atoms with Crippen molar-refractivity contribution >= 4 is 5.95 Å². The molecule has 0 aliphatic carbocycles. The molecule has 0 aliphatic heterocycles. The van der Waals surface area contributed by atoms with Crippen molar-refractivity contribution in [1.82, 2.24) is 9.97 Å². The van der Waals surface area contributed by atoms with Crippen LogP contribution in [0.4, 0.5) is 14.7 Å². The highest BCUT2D eigenvalue weighted by Gasteiger charge is 2.14. The summed E-state index contributed by atoms with van der Waals surface area (Å²) < 4.78 is 24.4. The Hall–Kier alpha value is -1.30. The van der Waals surface area contributed by atoms with Crippen LogP contribution in [-0.4, -0.2) is 9.97 Å². The van der Waals surface area contributed by atoms with Gasteiger partial charge < -0.3 is 11.5 Å². The lowest BCUT2D eigenvalue weighted by atomic mass is 10.2. The van der Waals surface area contributed by atoms with Crippen LogP contribution in [0, 0.1) is 0 Å². The molecule has 1 aromatic rings. The second-order valence-electron chi connectivity index (χ2n) is 2.14. The van der Waals surface area contributed by atoms with E-state index in [9.17, 15) is 8.78 Å². The molecule has 0 aromatic carbocycles. The van der Waals surface area contributed by atoms with Gasteiger partial charge in [0.05, 0.1) is 0 Å². The number of aromatic nitrogens is 2. The minimum atomic E-state index is -2.66. The van der Waals surface area contributed by atoms with Gasteiger partial charge in [-0.15, -0.1) is 0 Å². The van der Waals surface area contributed by atoms with E-state index >= 15 is 0 Å². The minimum absolute atomic E-state index is 0.0139. The van der Waals surface area contributed by atoms with Crippen molar-refractivity contribution in [1.29, 1.82) is 0 Å². The SMILES string of the molecule is NCc1cnc(N)nc1C(F)F. The van der Waals surface area contributed by atoms with Gasteiger partial charge in [0.15, 0.2) is 0 Å². The van der Waals surface area contributed by atoms with Gasteiger partial charge in [0.25, 0.3) is 6.43 Å². The van der Waals surface area contributed by atoms with Crippen molar-refractivity contribution in [2.45, 2.75) is 13.0 Å². The Morgan fingerprint density at radius 1 is 1.50 bits per heavy atom. The van der Waals surface area contributed by atoms with Gasteiger partial charge in [0.2, 0.25) is 5.95 Å². The topological polar surface area (TPSA) is 77.8 Å². The molecule has 0 unspecified atom stereocenters.